The molecule has 0 aromatic heterocycles. The van der Waals surface area contributed by atoms with Gasteiger partial charge in [-0.3, -0.25) is 9.36 Å². The second-order valence-electron chi connectivity index (χ2n) is 9.23. The van der Waals surface area contributed by atoms with Gasteiger partial charge in [-0.25, -0.2) is 9.59 Å². The average Bonchev–Trinajstić information content (AvgIpc) is 2.94. The van der Waals surface area contributed by atoms with Gasteiger partial charge in [0.1, 0.15) is 25.0 Å². The van der Waals surface area contributed by atoms with Crippen LogP contribution >= 0.6 is 8.03 Å². The van der Waals surface area contributed by atoms with Gasteiger partial charge in [-0.1, -0.05) is 105 Å². The first-order valence-electron chi connectivity index (χ1n) is 12.5. The normalized spacial score (nSPS) is 13.1. The largest absolute Gasteiger partial charge is 0.444 e. The van der Waals surface area contributed by atoms with Crippen molar-refractivity contribution >= 4 is 26.1 Å². The van der Waals surface area contributed by atoms with Crippen LogP contribution < -0.4 is 5.32 Å². The Morgan fingerprint density at radius 1 is 0.769 bits per heavy atom. The first kappa shape index (κ1) is 29.6. The highest BCUT2D eigenvalue weighted by molar-refractivity contribution is 7.38. The van der Waals surface area contributed by atoms with Crippen molar-refractivity contribution < 1.29 is 33.3 Å². The van der Waals surface area contributed by atoms with E-state index in [0.29, 0.717) is 16.0 Å². The van der Waals surface area contributed by atoms with Crippen molar-refractivity contribution in [2.75, 3.05) is 0 Å². The standard InChI is InChI=1S/C29H33N2O7P/c1-21(2)26(27(32)30-25(39(35)36)18-22-12-6-3-7-13-22)31(28(33)37-19-23-14-8-4-9-15-23)29(34)38-20-24-16-10-5-11-17-24/h3-17,21,25-26,39H,18-20H2,1-2H3,(H,30,32)(H,35,36)/t25?,26-/m0/s1. The van der Waals surface area contributed by atoms with Crippen LogP contribution in [0.3, 0.4) is 0 Å². The number of carbonyl (C=O) groups is 3. The van der Waals surface area contributed by atoms with Gasteiger partial charge >= 0.3 is 12.2 Å². The molecule has 39 heavy (non-hydrogen) atoms. The Morgan fingerprint density at radius 2 is 1.18 bits per heavy atom. The first-order chi connectivity index (χ1) is 18.8. The number of hydrogen-bond acceptors (Lipinski definition) is 6. The molecule has 3 aromatic rings. The fourth-order valence-electron chi connectivity index (χ4n) is 3.90. The number of amides is 3. The Kier molecular flexibility index (Phi) is 11.3. The molecule has 0 spiro atoms. The molecule has 0 heterocycles. The summed E-state index contributed by atoms with van der Waals surface area (Å²) in [6.45, 7) is 3.05. The summed E-state index contributed by atoms with van der Waals surface area (Å²) in [6, 6.07) is 25.3. The molecule has 0 saturated carbocycles. The number of imide groups is 1. The molecule has 2 N–H and O–H groups in total. The molecule has 0 aliphatic rings. The predicted octanol–water partition coefficient (Wildman–Crippen LogP) is 5.14. The highest BCUT2D eigenvalue weighted by Gasteiger charge is 2.40. The summed E-state index contributed by atoms with van der Waals surface area (Å²) >= 11 is 0. The molecular weight excluding hydrogens is 519 g/mol. The summed E-state index contributed by atoms with van der Waals surface area (Å²) in [7, 11) is -3.21. The Balaban J connectivity index is 1.83. The number of nitrogens with one attached hydrogen (secondary N) is 1. The minimum Gasteiger partial charge on any atom is -0.444 e. The van der Waals surface area contributed by atoms with E-state index in [4.69, 9.17) is 9.47 Å². The Morgan fingerprint density at radius 3 is 1.56 bits per heavy atom. The van der Waals surface area contributed by atoms with Crippen LogP contribution in [0.1, 0.15) is 30.5 Å². The monoisotopic (exact) mass is 552 g/mol. The molecule has 3 aromatic carbocycles. The number of rotatable bonds is 11. The molecule has 3 amide bonds. The summed E-state index contributed by atoms with van der Waals surface area (Å²) in [5, 5.41) is 2.57. The van der Waals surface area contributed by atoms with Gasteiger partial charge in [-0.15, -0.1) is 0 Å². The number of benzene rings is 3. The number of ether oxygens (including phenoxy) is 2. The topological polar surface area (TPSA) is 122 Å². The van der Waals surface area contributed by atoms with Crippen LogP contribution in [0.15, 0.2) is 91.0 Å². The lowest BCUT2D eigenvalue weighted by molar-refractivity contribution is -0.127. The molecule has 206 valence electrons. The Hall–Kier alpha value is -3.94. The van der Waals surface area contributed by atoms with Crippen LogP contribution in [0.2, 0.25) is 0 Å². The zero-order valence-electron chi connectivity index (χ0n) is 21.9. The number of carbonyl (C=O) groups excluding carboxylic acids is 3. The van der Waals surface area contributed by atoms with Gasteiger partial charge in [0.05, 0.1) is 0 Å². The lowest BCUT2D eigenvalue weighted by Crippen LogP contribution is -2.56. The van der Waals surface area contributed by atoms with Gasteiger partial charge in [0.2, 0.25) is 13.9 Å². The zero-order valence-corrected chi connectivity index (χ0v) is 22.9. The molecule has 0 aliphatic carbocycles. The van der Waals surface area contributed by atoms with Crippen LogP contribution in [-0.2, 0) is 38.5 Å². The average molecular weight is 553 g/mol. The van der Waals surface area contributed by atoms with Crippen LogP contribution in [0.5, 0.6) is 0 Å². The highest BCUT2D eigenvalue weighted by Crippen LogP contribution is 2.25. The number of nitrogens with zero attached hydrogens (tertiary/aromatic N) is 1. The SMILES string of the molecule is CC(C)[C@@H](C(=O)NC(Cc1ccccc1)[PH](=O)O)N(C(=O)OCc1ccccc1)C(=O)OCc1ccccc1. The van der Waals surface area contributed by atoms with E-state index < -0.39 is 43.9 Å². The van der Waals surface area contributed by atoms with E-state index in [0.717, 1.165) is 5.56 Å². The van der Waals surface area contributed by atoms with Crippen molar-refractivity contribution in [3.63, 3.8) is 0 Å². The van der Waals surface area contributed by atoms with Gasteiger partial charge in [0.25, 0.3) is 0 Å². The third kappa shape index (κ3) is 9.09. The van der Waals surface area contributed by atoms with Crippen LogP contribution in [0.4, 0.5) is 9.59 Å². The van der Waals surface area contributed by atoms with E-state index in [1.165, 1.54) is 0 Å². The van der Waals surface area contributed by atoms with Crippen molar-refractivity contribution in [3.8, 4) is 0 Å². The molecule has 0 bridgehead atoms. The van der Waals surface area contributed by atoms with Crippen molar-refractivity contribution in [2.24, 2.45) is 5.92 Å². The van der Waals surface area contributed by atoms with Crippen LogP contribution in [-0.4, -0.2) is 39.7 Å². The second kappa shape index (κ2) is 14.9. The van der Waals surface area contributed by atoms with Gasteiger partial charge in [0, 0.05) is 6.42 Å². The van der Waals surface area contributed by atoms with E-state index in [1.807, 2.05) is 18.2 Å². The molecule has 10 heteroatoms. The molecule has 0 fully saturated rings. The third-order valence-corrected chi connectivity index (χ3v) is 6.82. The fourth-order valence-corrected chi connectivity index (χ4v) is 4.58. The second-order valence-corrected chi connectivity index (χ2v) is 10.6. The summed E-state index contributed by atoms with van der Waals surface area (Å²) in [6.07, 6.45) is -2.04. The molecule has 9 nitrogen and oxygen atoms in total. The summed E-state index contributed by atoms with van der Waals surface area (Å²) in [4.78, 5) is 50.6. The zero-order chi connectivity index (χ0) is 28.2. The maximum atomic E-state index is 13.5. The highest BCUT2D eigenvalue weighted by atomic mass is 31.1. The molecule has 0 saturated heterocycles. The van der Waals surface area contributed by atoms with Crippen molar-refractivity contribution in [1.29, 1.82) is 0 Å². The Bertz CT molecular complexity index is 1180. The van der Waals surface area contributed by atoms with Gasteiger partial charge in [-0.2, -0.15) is 4.90 Å². The molecule has 3 rings (SSSR count). The maximum Gasteiger partial charge on any atom is 0.420 e. The maximum absolute atomic E-state index is 13.5. The summed E-state index contributed by atoms with van der Waals surface area (Å²) in [5.41, 5.74) is 2.13. The summed E-state index contributed by atoms with van der Waals surface area (Å²) < 4.78 is 23.0. The third-order valence-electron chi connectivity index (χ3n) is 5.88. The Labute approximate surface area is 228 Å². The van der Waals surface area contributed by atoms with Crippen molar-refractivity contribution in [1.82, 2.24) is 10.2 Å². The van der Waals surface area contributed by atoms with E-state index in [9.17, 15) is 23.8 Å². The smallest absolute Gasteiger partial charge is 0.420 e. The predicted molar refractivity (Wildman–Crippen MR) is 147 cm³/mol. The lowest BCUT2D eigenvalue weighted by atomic mass is 10.0. The first-order valence-corrected chi connectivity index (χ1v) is 14.0. The van der Waals surface area contributed by atoms with Crippen LogP contribution in [0, 0.1) is 5.92 Å². The van der Waals surface area contributed by atoms with Gasteiger partial charge < -0.3 is 19.7 Å². The molecular formula is C29H33N2O7P. The van der Waals surface area contributed by atoms with E-state index in [-0.39, 0.29) is 19.6 Å². The van der Waals surface area contributed by atoms with Gasteiger partial charge in [0.15, 0.2) is 0 Å². The minimum absolute atomic E-state index is 0.0998. The lowest BCUT2D eigenvalue weighted by Gasteiger charge is -2.31. The summed E-state index contributed by atoms with van der Waals surface area (Å²) in [5.74, 6) is -2.45. The van der Waals surface area contributed by atoms with E-state index >= 15 is 0 Å². The van der Waals surface area contributed by atoms with E-state index in [1.54, 1.807) is 86.6 Å². The molecule has 0 radical (unpaired) electrons. The van der Waals surface area contributed by atoms with E-state index in [2.05, 4.69) is 5.32 Å². The quantitative estimate of drug-likeness (QED) is 0.316. The number of hydrogen-bond donors (Lipinski definition) is 2. The molecule has 3 atom stereocenters. The van der Waals surface area contributed by atoms with Crippen molar-refractivity contribution in [3.05, 3.63) is 108 Å². The van der Waals surface area contributed by atoms with Crippen molar-refractivity contribution in [2.45, 2.75) is 45.3 Å². The molecule has 0 aliphatic heterocycles. The fraction of sp³-hybridized carbons (Fsp3) is 0.276. The molecule has 2 unspecified atom stereocenters. The van der Waals surface area contributed by atoms with Gasteiger partial charge in [-0.05, 0) is 22.6 Å². The minimum atomic E-state index is -3.21. The van der Waals surface area contributed by atoms with Crippen LogP contribution in [0.25, 0.3) is 0 Å².